The third-order valence-electron chi connectivity index (χ3n) is 11.3. The van der Waals surface area contributed by atoms with Gasteiger partial charge in [-0.05, 0) is 25.8 Å². The molecule has 1 atom stereocenters. The molecule has 0 radical (unpaired) electrons. The highest BCUT2D eigenvalue weighted by atomic mass is 31.2. The van der Waals surface area contributed by atoms with E-state index in [2.05, 4.69) is 6.92 Å². The average molecular weight is 771 g/mol. The first-order valence-corrected chi connectivity index (χ1v) is 25.9. The number of hydrogen-bond acceptors (Lipinski definition) is 5. The number of phosphoric ester groups is 1. The Kier molecular flexibility index (Phi) is 46.5. The molecule has 2 N–H and O–H groups in total. The largest absolute Gasteiger partial charge is 0.756 e. The number of unbranched alkanes of at least 4 members (excludes halogenated alkanes) is 41. The fourth-order valence-electron chi connectivity index (χ4n) is 7.71. The third-order valence-corrected chi connectivity index (χ3v) is 12.3. The summed E-state index contributed by atoms with van der Waals surface area (Å²) in [7, 11) is -4.13. The van der Waals surface area contributed by atoms with Gasteiger partial charge in [-0.2, -0.15) is 0 Å². The minimum atomic E-state index is -4.13. The van der Waals surface area contributed by atoms with Crippen LogP contribution in [-0.4, -0.2) is 19.8 Å². The van der Waals surface area contributed by atoms with Crippen LogP contribution in [0, 0.1) is 0 Å². The van der Waals surface area contributed by atoms with E-state index in [4.69, 9.17) is 14.8 Å². The Labute approximate surface area is 333 Å². The van der Waals surface area contributed by atoms with E-state index in [0.717, 1.165) is 44.9 Å². The second-order valence-corrected chi connectivity index (χ2v) is 18.2. The minimum Gasteiger partial charge on any atom is -0.756 e. The number of phosphoric acid groups is 1. The van der Waals surface area contributed by atoms with Gasteiger partial charge in [0.15, 0.2) is 0 Å². The maximum Gasteiger partial charge on any atom is 0.267 e. The van der Waals surface area contributed by atoms with Crippen molar-refractivity contribution in [3.05, 3.63) is 0 Å². The highest BCUT2D eigenvalue weighted by Gasteiger charge is 2.08. The van der Waals surface area contributed by atoms with Crippen LogP contribution in [0.15, 0.2) is 0 Å². The molecule has 0 spiro atoms. The van der Waals surface area contributed by atoms with E-state index in [-0.39, 0.29) is 13.2 Å². The molecule has 0 bridgehead atoms. The fraction of sp³-hybridized carbons (Fsp3) is 1.00. The summed E-state index contributed by atoms with van der Waals surface area (Å²) in [6.45, 7) is 3.45. The van der Waals surface area contributed by atoms with E-state index in [1.807, 2.05) is 0 Å². The minimum absolute atomic E-state index is 0.213. The molecule has 0 aromatic heterocycles. The van der Waals surface area contributed by atoms with E-state index in [0.29, 0.717) is 6.54 Å². The Morgan fingerprint density at radius 1 is 0.321 bits per heavy atom. The fourth-order valence-corrected chi connectivity index (χ4v) is 8.49. The van der Waals surface area contributed by atoms with Crippen molar-refractivity contribution in [3.63, 3.8) is 0 Å². The molecule has 53 heavy (non-hydrogen) atoms. The van der Waals surface area contributed by atoms with Crippen LogP contribution in [0.1, 0.15) is 283 Å². The molecule has 320 valence electrons. The summed E-state index contributed by atoms with van der Waals surface area (Å²) < 4.78 is 21.7. The summed E-state index contributed by atoms with van der Waals surface area (Å²) >= 11 is 0. The summed E-state index contributed by atoms with van der Waals surface area (Å²) in [5.74, 6) is 0. The Morgan fingerprint density at radius 3 is 0.679 bits per heavy atom. The molecular formula is C47H97NO4P-. The summed E-state index contributed by atoms with van der Waals surface area (Å²) in [5, 5.41) is 0. The Bertz CT molecular complexity index is 708. The van der Waals surface area contributed by atoms with Crippen molar-refractivity contribution in [2.45, 2.75) is 283 Å². The van der Waals surface area contributed by atoms with Crippen molar-refractivity contribution < 1.29 is 18.5 Å². The molecule has 0 aromatic rings. The van der Waals surface area contributed by atoms with E-state index >= 15 is 0 Å². The van der Waals surface area contributed by atoms with Crippen LogP contribution >= 0.6 is 7.82 Å². The molecule has 0 aliphatic carbocycles. The summed E-state index contributed by atoms with van der Waals surface area (Å²) in [4.78, 5) is 11.8. The number of rotatable bonds is 48. The molecular weight excluding hydrogens is 673 g/mol. The molecule has 0 aliphatic rings. The highest BCUT2D eigenvalue weighted by Crippen LogP contribution is 2.38. The summed E-state index contributed by atoms with van der Waals surface area (Å²) in [6, 6.07) is 0. The van der Waals surface area contributed by atoms with Crippen molar-refractivity contribution in [2.24, 2.45) is 5.73 Å². The van der Waals surface area contributed by atoms with Gasteiger partial charge in [0.05, 0.1) is 13.2 Å². The molecule has 0 heterocycles. The van der Waals surface area contributed by atoms with Crippen LogP contribution in [-0.2, 0) is 13.6 Å². The summed E-state index contributed by atoms with van der Waals surface area (Å²) in [6.07, 6.45) is 58.6. The quantitative estimate of drug-likeness (QED) is 0.0492. The molecule has 6 heteroatoms. The molecule has 0 saturated heterocycles. The predicted molar refractivity (Wildman–Crippen MR) is 233 cm³/mol. The zero-order valence-electron chi connectivity index (χ0n) is 36.2. The lowest BCUT2D eigenvalue weighted by Gasteiger charge is -2.22. The van der Waals surface area contributed by atoms with Gasteiger partial charge >= 0.3 is 0 Å². The van der Waals surface area contributed by atoms with Crippen molar-refractivity contribution in [1.82, 2.24) is 0 Å². The van der Waals surface area contributed by atoms with Crippen LogP contribution in [0.5, 0.6) is 0 Å². The van der Waals surface area contributed by atoms with Gasteiger partial charge in [0.2, 0.25) is 0 Å². The Balaban J connectivity index is 3.13. The monoisotopic (exact) mass is 771 g/mol. The van der Waals surface area contributed by atoms with Gasteiger partial charge in [-0.1, -0.05) is 264 Å². The van der Waals surface area contributed by atoms with Crippen molar-refractivity contribution in [1.29, 1.82) is 0 Å². The lowest BCUT2D eigenvalue weighted by atomic mass is 10.0. The maximum atomic E-state index is 11.8. The molecule has 0 saturated carbocycles. The van der Waals surface area contributed by atoms with E-state index in [9.17, 15) is 9.46 Å². The molecule has 0 rings (SSSR count). The Hall–Kier alpha value is 0.0700. The van der Waals surface area contributed by atoms with E-state index in [1.165, 1.54) is 231 Å². The van der Waals surface area contributed by atoms with Crippen LogP contribution < -0.4 is 10.6 Å². The topological polar surface area (TPSA) is 84.6 Å². The van der Waals surface area contributed by atoms with Crippen molar-refractivity contribution in [2.75, 3.05) is 19.8 Å². The zero-order valence-corrected chi connectivity index (χ0v) is 37.1. The number of nitrogens with two attached hydrogens (primary N) is 1. The van der Waals surface area contributed by atoms with Crippen LogP contribution in [0.4, 0.5) is 0 Å². The average Bonchev–Trinajstić information content (AvgIpc) is 3.15. The van der Waals surface area contributed by atoms with Crippen molar-refractivity contribution in [3.8, 4) is 0 Å². The van der Waals surface area contributed by atoms with Gasteiger partial charge in [0.1, 0.15) is 0 Å². The van der Waals surface area contributed by atoms with Crippen LogP contribution in [0.3, 0.4) is 0 Å². The highest BCUT2D eigenvalue weighted by molar-refractivity contribution is 7.45. The van der Waals surface area contributed by atoms with Gasteiger partial charge in [-0.25, -0.2) is 0 Å². The first-order chi connectivity index (χ1) is 26.1. The van der Waals surface area contributed by atoms with Gasteiger partial charge < -0.3 is 19.7 Å². The number of hydrogen-bond donors (Lipinski definition) is 1. The van der Waals surface area contributed by atoms with Crippen LogP contribution in [0.2, 0.25) is 0 Å². The summed E-state index contributed by atoms with van der Waals surface area (Å²) in [5.41, 5.74) is 5.46. The van der Waals surface area contributed by atoms with E-state index in [1.54, 1.807) is 0 Å². The van der Waals surface area contributed by atoms with Crippen molar-refractivity contribution >= 4 is 7.82 Å². The van der Waals surface area contributed by atoms with Crippen LogP contribution in [0.25, 0.3) is 0 Å². The lowest BCUT2D eigenvalue weighted by Crippen LogP contribution is -2.10. The van der Waals surface area contributed by atoms with Gasteiger partial charge in [-0.15, -0.1) is 0 Å². The normalized spacial score (nSPS) is 12.9. The molecule has 0 aromatic carbocycles. The molecule has 5 nitrogen and oxygen atoms in total. The first kappa shape index (κ1) is 53.1. The van der Waals surface area contributed by atoms with Gasteiger partial charge in [0.25, 0.3) is 7.82 Å². The zero-order chi connectivity index (χ0) is 38.4. The lowest BCUT2D eigenvalue weighted by molar-refractivity contribution is -0.225. The maximum absolute atomic E-state index is 11.8. The molecule has 0 fully saturated rings. The second-order valence-electron chi connectivity index (χ2n) is 16.8. The third kappa shape index (κ3) is 48.1. The standard InChI is InChI=1S/C47H98NO4P/c1-2-3-4-5-6-7-8-9-10-11-12-13-14-15-16-17-18-19-20-21-22-23-24-25-26-27-28-29-30-31-32-33-34-35-36-37-38-40-43-46-51-53(49,50)52-47-44-41-39-42-45-48/h2-48H2,1H3,(H,49,50)/p-1. The van der Waals surface area contributed by atoms with Gasteiger partial charge in [-0.3, -0.25) is 4.57 Å². The Morgan fingerprint density at radius 2 is 0.491 bits per heavy atom. The molecule has 0 amide bonds. The first-order valence-electron chi connectivity index (χ1n) is 24.4. The SMILES string of the molecule is CCCCCCCCCCCCCCCCCCCCCCCCCCCCCCCCCCCCCCCCCOP(=O)([O-])OCCCCCCN. The predicted octanol–water partition coefficient (Wildman–Crippen LogP) is 16.2. The molecule has 0 aliphatic heterocycles. The van der Waals surface area contributed by atoms with E-state index < -0.39 is 7.82 Å². The second kappa shape index (κ2) is 46.5. The van der Waals surface area contributed by atoms with Gasteiger partial charge in [0, 0.05) is 0 Å². The smallest absolute Gasteiger partial charge is 0.267 e. The molecule has 1 unspecified atom stereocenters.